The lowest BCUT2D eigenvalue weighted by Crippen LogP contribution is -2.40. The van der Waals surface area contributed by atoms with Crippen LogP contribution in [0, 0.1) is 5.92 Å². The van der Waals surface area contributed by atoms with Gasteiger partial charge in [-0.3, -0.25) is 14.6 Å². The van der Waals surface area contributed by atoms with Gasteiger partial charge in [-0.15, -0.1) is 0 Å². The highest BCUT2D eigenvalue weighted by molar-refractivity contribution is 6.10. The van der Waals surface area contributed by atoms with Crippen molar-refractivity contribution in [2.75, 3.05) is 17.7 Å². The Bertz CT molecular complexity index is 1150. The lowest BCUT2D eigenvalue weighted by atomic mass is 10.0. The van der Waals surface area contributed by atoms with Crippen LogP contribution in [0.1, 0.15) is 51.4 Å². The summed E-state index contributed by atoms with van der Waals surface area (Å²) in [6.07, 6.45) is 1.95. The molecule has 0 atom stereocenters. The molecule has 2 amide bonds. The highest BCUT2D eigenvalue weighted by atomic mass is 16.5. The summed E-state index contributed by atoms with van der Waals surface area (Å²) in [5.74, 6) is 0.386. The molecule has 0 radical (unpaired) electrons. The average Bonchev–Trinajstić information content (AvgIpc) is 2.72. The Kier molecular flexibility index (Phi) is 7.21. The van der Waals surface area contributed by atoms with Crippen LogP contribution in [0.4, 0.5) is 17.1 Å². The van der Waals surface area contributed by atoms with Crippen LogP contribution in [-0.4, -0.2) is 29.4 Å². The molecule has 0 unspecified atom stereocenters. The summed E-state index contributed by atoms with van der Waals surface area (Å²) in [4.78, 5) is 30.1. The second kappa shape index (κ2) is 9.90. The lowest BCUT2D eigenvalue weighted by Gasteiger charge is -2.22. The van der Waals surface area contributed by atoms with Crippen LogP contribution < -0.4 is 20.7 Å². The predicted octanol–water partition coefficient (Wildman–Crippen LogP) is 5.50. The van der Waals surface area contributed by atoms with Crippen molar-refractivity contribution < 1.29 is 14.3 Å². The number of hydrogen-bond donors (Lipinski definition) is 3. The minimum atomic E-state index is -0.411. The predicted molar refractivity (Wildman–Crippen MR) is 133 cm³/mol. The molecule has 3 rings (SSSR count). The van der Waals surface area contributed by atoms with Crippen LogP contribution in [0.25, 0.3) is 10.9 Å². The maximum absolute atomic E-state index is 13.1. The second-order valence-electron chi connectivity index (χ2n) is 9.46. The average molecular weight is 449 g/mol. The van der Waals surface area contributed by atoms with Gasteiger partial charge in [0.05, 0.1) is 29.6 Å². The van der Waals surface area contributed by atoms with Crippen molar-refractivity contribution in [2.45, 2.75) is 46.6 Å². The normalized spacial score (nSPS) is 11.4. The zero-order valence-electron chi connectivity index (χ0n) is 20.1. The number of pyridine rings is 1. The van der Waals surface area contributed by atoms with Gasteiger partial charge in [0.15, 0.2) is 0 Å². The third-order valence-electron chi connectivity index (χ3n) is 4.83. The van der Waals surface area contributed by atoms with Crippen LogP contribution in [-0.2, 0) is 4.79 Å². The number of nitrogens with zero attached hydrogens (tertiary/aromatic N) is 1. The van der Waals surface area contributed by atoms with Gasteiger partial charge in [-0.05, 0) is 44.9 Å². The minimum absolute atomic E-state index is 0.102. The van der Waals surface area contributed by atoms with E-state index in [2.05, 4.69) is 20.9 Å². The number of ether oxygens (including phenoxy) is 1. The highest BCUT2D eigenvalue weighted by Crippen LogP contribution is 2.36. The maximum Gasteiger partial charge on any atom is 0.255 e. The number of rotatable bonds is 7. The number of para-hydroxylation sites is 1. The molecule has 0 saturated carbocycles. The molecule has 33 heavy (non-hydrogen) atoms. The van der Waals surface area contributed by atoms with Crippen LogP contribution in [0.2, 0.25) is 0 Å². The number of anilines is 3. The van der Waals surface area contributed by atoms with E-state index in [-0.39, 0.29) is 17.7 Å². The number of carbonyl (C=O) groups is 2. The van der Waals surface area contributed by atoms with Gasteiger partial charge >= 0.3 is 0 Å². The summed E-state index contributed by atoms with van der Waals surface area (Å²) in [7, 11) is 1.55. The molecule has 0 bridgehead atoms. The Labute approximate surface area is 194 Å². The first-order valence-electron chi connectivity index (χ1n) is 11.0. The van der Waals surface area contributed by atoms with Crippen LogP contribution in [0.15, 0.2) is 48.7 Å². The lowest BCUT2D eigenvalue weighted by molar-refractivity contribution is -0.116. The van der Waals surface area contributed by atoms with Crippen molar-refractivity contribution >= 4 is 39.8 Å². The summed E-state index contributed by atoms with van der Waals surface area (Å²) in [5.41, 5.74) is 2.60. The van der Waals surface area contributed by atoms with Gasteiger partial charge in [0, 0.05) is 35.3 Å². The number of hydrogen-bond acceptors (Lipinski definition) is 5. The molecule has 2 aromatic carbocycles. The van der Waals surface area contributed by atoms with Crippen LogP contribution in [0.3, 0.4) is 0 Å². The number of amides is 2. The van der Waals surface area contributed by atoms with Crippen molar-refractivity contribution in [3.05, 3.63) is 54.2 Å². The first-order valence-corrected chi connectivity index (χ1v) is 11.0. The Morgan fingerprint density at radius 2 is 1.79 bits per heavy atom. The number of aromatic nitrogens is 1. The zero-order chi connectivity index (χ0) is 24.2. The fraction of sp³-hybridized carbons (Fsp3) is 0.346. The topological polar surface area (TPSA) is 92.3 Å². The molecule has 3 aromatic rings. The SMILES string of the molecule is COc1cc2ncc(C(=O)NC(C)(C)C)c(Nc3ccccc3)c2cc1NC(=O)CC(C)C. The fourth-order valence-electron chi connectivity index (χ4n) is 3.44. The largest absolute Gasteiger partial charge is 0.494 e. The summed E-state index contributed by atoms with van der Waals surface area (Å²) >= 11 is 0. The summed E-state index contributed by atoms with van der Waals surface area (Å²) in [6.45, 7) is 9.76. The Morgan fingerprint density at radius 1 is 1.09 bits per heavy atom. The summed E-state index contributed by atoms with van der Waals surface area (Å²) in [6, 6.07) is 13.2. The van der Waals surface area contributed by atoms with Gasteiger partial charge in [0.1, 0.15) is 5.75 Å². The molecular weight excluding hydrogens is 416 g/mol. The summed E-state index contributed by atoms with van der Waals surface area (Å²) < 4.78 is 5.51. The molecule has 1 aromatic heterocycles. The zero-order valence-corrected chi connectivity index (χ0v) is 20.1. The van der Waals surface area contributed by atoms with Gasteiger partial charge in [0.2, 0.25) is 5.91 Å². The molecule has 3 N–H and O–H groups in total. The van der Waals surface area contributed by atoms with Crippen LogP contribution >= 0.6 is 0 Å². The van der Waals surface area contributed by atoms with E-state index < -0.39 is 5.54 Å². The molecule has 7 heteroatoms. The third kappa shape index (κ3) is 6.22. The second-order valence-corrected chi connectivity index (χ2v) is 9.46. The van der Waals surface area contributed by atoms with Crippen molar-refractivity contribution in [3.63, 3.8) is 0 Å². The van der Waals surface area contributed by atoms with E-state index in [4.69, 9.17) is 4.74 Å². The monoisotopic (exact) mass is 448 g/mol. The first kappa shape index (κ1) is 24.0. The first-order chi connectivity index (χ1) is 15.6. The van der Waals surface area contributed by atoms with Gasteiger partial charge < -0.3 is 20.7 Å². The number of nitrogens with one attached hydrogen (secondary N) is 3. The Morgan fingerprint density at radius 3 is 2.39 bits per heavy atom. The van der Waals surface area contributed by atoms with E-state index in [1.807, 2.05) is 65.0 Å². The highest BCUT2D eigenvalue weighted by Gasteiger charge is 2.22. The van der Waals surface area contributed by atoms with Gasteiger partial charge in [-0.1, -0.05) is 32.0 Å². The van der Waals surface area contributed by atoms with E-state index in [1.165, 1.54) is 0 Å². The van der Waals surface area contributed by atoms with Crippen molar-refractivity contribution in [2.24, 2.45) is 5.92 Å². The molecule has 0 fully saturated rings. The third-order valence-corrected chi connectivity index (χ3v) is 4.83. The molecule has 7 nitrogen and oxygen atoms in total. The molecule has 0 aliphatic carbocycles. The van der Waals surface area contributed by atoms with Crippen LogP contribution in [0.5, 0.6) is 5.75 Å². The minimum Gasteiger partial charge on any atom is -0.494 e. The number of methoxy groups -OCH3 is 1. The van der Waals surface area contributed by atoms with Gasteiger partial charge in [-0.25, -0.2) is 0 Å². The number of benzene rings is 2. The van der Waals surface area contributed by atoms with Crippen molar-refractivity contribution in [1.82, 2.24) is 10.3 Å². The molecule has 1 heterocycles. The number of carbonyl (C=O) groups excluding carboxylic acids is 2. The van der Waals surface area contributed by atoms with E-state index in [0.29, 0.717) is 40.0 Å². The quantitative estimate of drug-likeness (QED) is 0.444. The molecule has 0 aliphatic rings. The van der Waals surface area contributed by atoms with Gasteiger partial charge in [0.25, 0.3) is 5.91 Å². The molecule has 174 valence electrons. The van der Waals surface area contributed by atoms with E-state index in [9.17, 15) is 9.59 Å². The van der Waals surface area contributed by atoms with Gasteiger partial charge in [-0.2, -0.15) is 0 Å². The van der Waals surface area contributed by atoms with E-state index in [0.717, 1.165) is 5.69 Å². The number of fused-ring (bicyclic) bond motifs is 1. The standard InChI is InChI=1S/C26H32N4O3/c1-16(2)12-23(31)29-21-13-18-20(14-22(21)33-6)27-15-19(25(32)30-26(3,4)5)24(18)28-17-10-8-7-9-11-17/h7-11,13-16H,12H2,1-6H3,(H,27,28)(H,29,31)(H,30,32). The fourth-order valence-corrected chi connectivity index (χ4v) is 3.44. The van der Waals surface area contributed by atoms with E-state index >= 15 is 0 Å². The summed E-state index contributed by atoms with van der Waals surface area (Å²) in [5, 5.41) is 10.0. The van der Waals surface area contributed by atoms with E-state index in [1.54, 1.807) is 25.4 Å². The smallest absolute Gasteiger partial charge is 0.255 e. The van der Waals surface area contributed by atoms with Crippen molar-refractivity contribution in [3.8, 4) is 5.75 Å². The van der Waals surface area contributed by atoms with Crippen molar-refractivity contribution in [1.29, 1.82) is 0 Å². The molecule has 0 spiro atoms. The molecule has 0 saturated heterocycles. The Balaban J connectivity index is 2.17. The Hall–Kier alpha value is -3.61. The maximum atomic E-state index is 13.1. The molecule has 0 aliphatic heterocycles. The molecular formula is C26H32N4O3.